The standard InChI is InChI=1S/C15H13N3O/c16-8-12-6-13(17)9-18-15(12)19-14-5-4-10-2-1-3-11(10)7-14/h4-7,9H,1-3,17H2. The van der Waals surface area contributed by atoms with Crippen molar-refractivity contribution >= 4 is 5.69 Å². The molecule has 0 atom stereocenters. The van der Waals surface area contributed by atoms with Gasteiger partial charge in [0, 0.05) is 0 Å². The number of pyridine rings is 1. The van der Waals surface area contributed by atoms with Crippen molar-refractivity contribution in [1.82, 2.24) is 4.98 Å². The third-order valence-corrected chi connectivity index (χ3v) is 3.28. The molecule has 4 heteroatoms. The fourth-order valence-corrected chi connectivity index (χ4v) is 2.35. The van der Waals surface area contributed by atoms with Gasteiger partial charge in [-0.1, -0.05) is 6.07 Å². The number of fused-ring (bicyclic) bond motifs is 1. The Morgan fingerprint density at radius 3 is 2.89 bits per heavy atom. The van der Waals surface area contributed by atoms with E-state index >= 15 is 0 Å². The van der Waals surface area contributed by atoms with Crippen molar-refractivity contribution < 1.29 is 4.74 Å². The average molecular weight is 251 g/mol. The van der Waals surface area contributed by atoms with E-state index in [1.54, 1.807) is 6.07 Å². The van der Waals surface area contributed by atoms with Crippen LogP contribution in [0.2, 0.25) is 0 Å². The Labute approximate surface area is 111 Å². The summed E-state index contributed by atoms with van der Waals surface area (Å²) in [5.41, 5.74) is 9.12. The van der Waals surface area contributed by atoms with E-state index in [0.29, 0.717) is 17.1 Å². The quantitative estimate of drug-likeness (QED) is 0.890. The van der Waals surface area contributed by atoms with E-state index in [2.05, 4.69) is 11.1 Å². The van der Waals surface area contributed by atoms with E-state index in [1.165, 1.54) is 23.7 Å². The first-order valence-electron chi connectivity index (χ1n) is 6.21. The second-order valence-electron chi connectivity index (χ2n) is 4.62. The van der Waals surface area contributed by atoms with E-state index in [4.69, 9.17) is 15.7 Å². The van der Waals surface area contributed by atoms with Crippen molar-refractivity contribution in [2.75, 3.05) is 5.73 Å². The molecule has 0 bridgehead atoms. The lowest BCUT2D eigenvalue weighted by Crippen LogP contribution is -1.95. The molecule has 1 aromatic heterocycles. The largest absolute Gasteiger partial charge is 0.438 e. The SMILES string of the molecule is N#Cc1cc(N)cnc1Oc1ccc2c(c1)CCC2. The molecule has 1 aliphatic rings. The van der Waals surface area contributed by atoms with Gasteiger partial charge in [0.25, 0.3) is 0 Å². The fraction of sp³-hybridized carbons (Fsp3) is 0.200. The maximum Gasteiger partial charge on any atom is 0.237 e. The Morgan fingerprint density at radius 1 is 1.21 bits per heavy atom. The van der Waals surface area contributed by atoms with Crippen molar-refractivity contribution in [3.8, 4) is 17.7 Å². The highest BCUT2D eigenvalue weighted by Crippen LogP contribution is 2.29. The zero-order valence-corrected chi connectivity index (χ0v) is 10.4. The molecule has 0 fully saturated rings. The van der Waals surface area contributed by atoms with Gasteiger partial charge in [-0.15, -0.1) is 0 Å². The molecule has 2 aromatic rings. The second-order valence-corrected chi connectivity index (χ2v) is 4.62. The minimum Gasteiger partial charge on any atom is -0.438 e. The van der Waals surface area contributed by atoms with Gasteiger partial charge in [-0.05, 0) is 48.6 Å². The summed E-state index contributed by atoms with van der Waals surface area (Å²) in [6.45, 7) is 0. The first-order chi connectivity index (χ1) is 9.26. The molecule has 2 N–H and O–H groups in total. The number of nitrogen functional groups attached to an aromatic ring is 1. The predicted octanol–water partition coefficient (Wildman–Crippen LogP) is 2.82. The van der Waals surface area contributed by atoms with Gasteiger partial charge in [0.05, 0.1) is 11.9 Å². The Morgan fingerprint density at radius 2 is 2.05 bits per heavy atom. The summed E-state index contributed by atoms with van der Waals surface area (Å²) >= 11 is 0. The zero-order valence-electron chi connectivity index (χ0n) is 10.4. The van der Waals surface area contributed by atoms with Gasteiger partial charge in [0.15, 0.2) is 0 Å². The number of nitrogens with two attached hydrogens (primary N) is 1. The maximum absolute atomic E-state index is 9.05. The molecule has 0 radical (unpaired) electrons. The van der Waals surface area contributed by atoms with Gasteiger partial charge in [0.1, 0.15) is 17.4 Å². The minimum atomic E-state index is 0.301. The second kappa shape index (κ2) is 4.62. The summed E-state index contributed by atoms with van der Waals surface area (Å²) in [5, 5.41) is 9.05. The van der Waals surface area contributed by atoms with Crippen molar-refractivity contribution in [1.29, 1.82) is 5.26 Å². The smallest absolute Gasteiger partial charge is 0.237 e. The number of benzene rings is 1. The maximum atomic E-state index is 9.05. The van der Waals surface area contributed by atoms with Crippen LogP contribution in [0.1, 0.15) is 23.1 Å². The molecule has 19 heavy (non-hydrogen) atoms. The molecule has 4 nitrogen and oxygen atoms in total. The third-order valence-electron chi connectivity index (χ3n) is 3.28. The van der Waals surface area contributed by atoms with Crippen LogP contribution in [0.25, 0.3) is 0 Å². The van der Waals surface area contributed by atoms with Gasteiger partial charge < -0.3 is 10.5 Å². The molecule has 1 heterocycles. The van der Waals surface area contributed by atoms with E-state index in [-0.39, 0.29) is 0 Å². The number of anilines is 1. The lowest BCUT2D eigenvalue weighted by molar-refractivity contribution is 0.461. The monoisotopic (exact) mass is 251 g/mol. The number of ether oxygens (including phenoxy) is 1. The summed E-state index contributed by atoms with van der Waals surface area (Å²) in [7, 11) is 0. The Balaban J connectivity index is 1.92. The first-order valence-corrected chi connectivity index (χ1v) is 6.21. The fourth-order valence-electron chi connectivity index (χ4n) is 2.35. The lowest BCUT2D eigenvalue weighted by Gasteiger charge is -2.08. The molecule has 1 aliphatic carbocycles. The normalized spacial score (nSPS) is 12.8. The number of aromatic nitrogens is 1. The van der Waals surface area contributed by atoms with Crippen LogP contribution in [0, 0.1) is 11.3 Å². The van der Waals surface area contributed by atoms with Crippen LogP contribution in [-0.2, 0) is 12.8 Å². The highest BCUT2D eigenvalue weighted by Gasteiger charge is 2.13. The molecular formula is C15H13N3O. The topological polar surface area (TPSA) is 71.9 Å². The number of aryl methyl sites for hydroxylation is 2. The molecule has 0 aliphatic heterocycles. The Bertz CT molecular complexity index is 674. The van der Waals surface area contributed by atoms with Crippen LogP contribution < -0.4 is 10.5 Å². The number of nitrogens with zero attached hydrogens (tertiary/aromatic N) is 2. The summed E-state index contributed by atoms with van der Waals surface area (Å²) in [6.07, 6.45) is 4.91. The van der Waals surface area contributed by atoms with E-state index in [1.807, 2.05) is 18.2 Å². The molecular weight excluding hydrogens is 238 g/mol. The molecule has 94 valence electrons. The number of nitriles is 1. The van der Waals surface area contributed by atoms with Crippen LogP contribution in [0.3, 0.4) is 0 Å². The highest BCUT2D eigenvalue weighted by molar-refractivity contribution is 5.50. The van der Waals surface area contributed by atoms with Gasteiger partial charge in [-0.25, -0.2) is 4.98 Å². The highest BCUT2D eigenvalue weighted by atomic mass is 16.5. The summed E-state index contributed by atoms with van der Waals surface area (Å²) in [4.78, 5) is 4.07. The van der Waals surface area contributed by atoms with E-state index in [9.17, 15) is 0 Å². The van der Waals surface area contributed by atoms with Gasteiger partial charge in [-0.3, -0.25) is 0 Å². The van der Waals surface area contributed by atoms with Crippen molar-refractivity contribution in [3.63, 3.8) is 0 Å². The molecule has 1 aromatic carbocycles. The molecule has 0 spiro atoms. The molecule has 0 unspecified atom stereocenters. The van der Waals surface area contributed by atoms with Crippen LogP contribution in [-0.4, -0.2) is 4.98 Å². The molecule has 3 rings (SSSR count). The molecule has 0 saturated carbocycles. The third kappa shape index (κ3) is 2.23. The molecule has 0 amide bonds. The lowest BCUT2D eigenvalue weighted by atomic mass is 10.1. The Kier molecular flexibility index (Phi) is 2.81. The Hall–Kier alpha value is -2.54. The van der Waals surface area contributed by atoms with E-state index in [0.717, 1.165) is 18.6 Å². The first kappa shape index (κ1) is 11.5. The summed E-state index contributed by atoms with van der Waals surface area (Å²) in [6, 6.07) is 9.64. The van der Waals surface area contributed by atoms with Crippen LogP contribution in [0.15, 0.2) is 30.5 Å². The average Bonchev–Trinajstić information content (AvgIpc) is 2.88. The van der Waals surface area contributed by atoms with E-state index < -0.39 is 0 Å². The van der Waals surface area contributed by atoms with Crippen molar-refractivity contribution in [3.05, 3.63) is 47.2 Å². The summed E-state index contributed by atoms with van der Waals surface area (Å²) < 4.78 is 5.69. The van der Waals surface area contributed by atoms with Gasteiger partial charge in [-0.2, -0.15) is 5.26 Å². The summed E-state index contributed by atoms with van der Waals surface area (Å²) in [5.74, 6) is 1.02. The predicted molar refractivity (Wildman–Crippen MR) is 71.9 cm³/mol. The van der Waals surface area contributed by atoms with Gasteiger partial charge >= 0.3 is 0 Å². The minimum absolute atomic E-state index is 0.301. The van der Waals surface area contributed by atoms with Crippen molar-refractivity contribution in [2.24, 2.45) is 0 Å². The van der Waals surface area contributed by atoms with Crippen molar-refractivity contribution in [2.45, 2.75) is 19.3 Å². The van der Waals surface area contributed by atoms with Crippen LogP contribution in [0.4, 0.5) is 5.69 Å². The number of hydrogen-bond acceptors (Lipinski definition) is 4. The number of rotatable bonds is 2. The molecule has 0 saturated heterocycles. The number of hydrogen-bond donors (Lipinski definition) is 1. The van der Waals surface area contributed by atoms with Gasteiger partial charge in [0.2, 0.25) is 5.88 Å². The van der Waals surface area contributed by atoms with Crippen LogP contribution in [0.5, 0.6) is 11.6 Å². The zero-order chi connectivity index (χ0) is 13.2. The van der Waals surface area contributed by atoms with Crippen LogP contribution >= 0.6 is 0 Å².